The minimum Gasteiger partial charge on any atom is -0.326 e. The first kappa shape index (κ1) is 9.90. The van der Waals surface area contributed by atoms with E-state index in [9.17, 15) is 0 Å². The van der Waals surface area contributed by atoms with Gasteiger partial charge < -0.3 is 4.57 Å². The first-order chi connectivity index (χ1) is 7.18. The Labute approximate surface area is 89.5 Å². The minimum absolute atomic E-state index is 0.310. The zero-order chi connectivity index (χ0) is 10.8. The Hall–Kier alpha value is -1.64. The van der Waals surface area contributed by atoms with Crippen LogP contribution in [0.3, 0.4) is 0 Å². The smallest absolute Gasteiger partial charge is 0.151 e. The van der Waals surface area contributed by atoms with Gasteiger partial charge >= 0.3 is 0 Å². The van der Waals surface area contributed by atoms with Gasteiger partial charge in [0.15, 0.2) is 5.82 Å². The van der Waals surface area contributed by atoms with Gasteiger partial charge in [-0.05, 0) is 26.0 Å². The molecule has 0 saturated heterocycles. The van der Waals surface area contributed by atoms with Crippen molar-refractivity contribution in [2.45, 2.75) is 19.9 Å². The number of fused-ring (bicyclic) bond motifs is 1. The molecular formula is C12H15N3. The molecule has 0 bridgehead atoms. The van der Waals surface area contributed by atoms with Crippen molar-refractivity contribution in [2.24, 2.45) is 12.0 Å². The molecule has 0 spiro atoms. The summed E-state index contributed by atoms with van der Waals surface area (Å²) < 4.78 is 2.06. The fourth-order valence-electron chi connectivity index (χ4n) is 1.50. The van der Waals surface area contributed by atoms with E-state index < -0.39 is 0 Å². The number of hydrogen-bond acceptors (Lipinski definition) is 2. The van der Waals surface area contributed by atoms with Gasteiger partial charge in [0.2, 0.25) is 0 Å². The van der Waals surface area contributed by atoms with Gasteiger partial charge in [-0.15, -0.1) is 0 Å². The molecule has 0 aliphatic rings. The number of para-hydroxylation sites is 2. The number of aromatic nitrogens is 2. The molecule has 15 heavy (non-hydrogen) atoms. The lowest BCUT2D eigenvalue weighted by Crippen LogP contribution is -1.98. The lowest BCUT2D eigenvalue weighted by Gasteiger charge is -1.97. The number of benzene rings is 1. The fourth-order valence-corrected chi connectivity index (χ4v) is 1.50. The molecule has 0 aliphatic heterocycles. The van der Waals surface area contributed by atoms with Crippen LogP contribution < -0.4 is 0 Å². The highest BCUT2D eigenvalue weighted by atomic mass is 15.1. The Morgan fingerprint density at radius 2 is 2.07 bits per heavy atom. The summed E-state index contributed by atoms with van der Waals surface area (Å²) >= 11 is 0. The summed E-state index contributed by atoms with van der Waals surface area (Å²) in [5.74, 6) is 0.907. The molecule has 1 aromatic heterocycles. The Balaban J connectivity index is 2.49. The highest BCUT2D eigenvalue weighted by molar-refractivity contribution is 5.84. The van der Waals surface area contributed by atoms with Crippen LogP contribution in [-0.2, 0) is 7.05 Å². The second kappa shape index (κ2) is 3.85. The summed E-state index contributed by atoms with van der Waals surface area (Å²) in [6, 6.07) is 8.41. The Bertz CT molecular complexity index is 495. The van der Waals surface area contributed by atoms with Crippen molar-refractivity contribution >= 4 is 17.2 Å². The second-order valence-corrected chi connectivity index (χ2v) is 3.89. The maximum absolute atomic E-state index is 4.50. The van der Waals surface area contributed by atoms with Gasteiger partial charge in [0, 0.05) is 13.1 Å². The van der Waals surface area contributed by atoms with E-state index in [1.165, 1.54) is 0 Å². The van der Waals surface area contributed by atoms with Crippen LogP contribution in [0.4, 0.5) is 0 Å². The number of rotatable bonds is 2. The van der Waals surface area contributed by atoms with Crippen molar-refractivity contribution in [3.8, 4) is 0 Å². The first-order valence-electron chi connectivity index (χ1n) is 5.13. The van der Waals surface area contributed by atoms with Crippen LogP contribution in [0.2, 0.25) is 0 Å². The van der Waals surface area contributed by atoms with Crippen molar-refractivity contribution in [1.82, 2.24) is 9.55 Å². The lowest BCUT2D eigenvalue weighted by atomic mass is 10.3. The molecule has 1 aromatic carbocycles. The predicted molar refractivity (Wildman–Crippen MR) is 63.4 cm³/mol. The molecule has 2 rings (SSSR count). The summed E-state index contributed by atoms with van der Waals surface area (Å²) in [5, 5.41) is 0. The largest absolute Gasteiger partial charge is 0.326 e. The van der Waals surface area contributed by atoms with Gasteiger partial charge in [-0.25, -0.2) is 4.98 Å². The number of aliphatic imine (C=N–C) groups is 1. The molecule has 78 valence electrons. The molecule has 0 aliphatic carbocycles. The Morgan fingerprint density at radius 1 is 1.33 bits per heavy atom. The molecule has 0 saturated carbocycles. The van der Waals surface area contributed by atoms with Crippen LogP contribution in [0.25, 0.3) is 11.0 Å². The van der Waals surface area contributed by atoms with E-state index in [-0.39, 0.29) is 0 Å². The standard InChI is InChI=1S/C12H15N3/c1-9(2)13-8-12-14-10-6-4-5-7-11(10)15(12)3/h4-9H,1-3H3/b13-8+. The summed E-state index contributed by atoms with van der Waals surface area (Å²) in [6.45, 7) is 4.11. The third kappa shape index (κ3) is 1.91. The zero-order valence-electron chi connectivity index (χ0n) is 9.31. The lowest BCUT2D eigenvalue weighted by molar-refractivity contribution is 0.835. The summed E-state index contributed by atoms with van der Waals surface area (Å²) in [6.07, 6.45) is 1.84. The minimum atomic E-state index is 0.310. The van der Waals surface area contributed by atoms with E-state index in [1.807, 2.05) is 31.5 Å². The number of imidazole rings is 1. The number of aryl methyl sites for hydroxylation is 1. The van der Waals surface area contributed by atoms with Crippen LogP contribution in [0.15, 0.2) is 29.3 Å². The average Bonchev–Trinajstić information content (AvgIpc) is 2.54. The Morgan fingerprint density at radius 3 is 2.73 bits per heavy atom. The molecule has 3 nitrogen and oxygen atoms in total. The van der Waals surface area contributed by atoms with Crippen molar-refractivity contribution in [3.05, 3.63) is 30.1 Å². The molecule has 0 fully saturated rings. The second-order valence-electron chi connectivity index (χ2n) is 3.89. The van der Waals surface area contributed by atoms with E-state index in [0.717, 1.165) is 16.9 Å². The van der Waals surface area contributed by atoms with E-state index in [0.29, 0.717) is 6.04 Å². The van der Waals surface area contributed by atoms with Gasteiger partial charge in [-0.1, -0.05) is 12.1 Å². The monoisotopic (exact) mass is 201 g/mol. The quantitative estimate of drug-likeness (QED) is 0.686. The molecule has 0 radical (unpaired) electrons. The van der Waals surface area contributed by atoms with E-state index in [2.05, 4.69) is 34.5 Å². The fraction of sp³-hybridized carbons (Fsp3) is 0.333. The summed E-state index contributed by atoms with van der Waals surface area (Å²) in [4.78, 5) is 8.84. The van der Waals surface area contributed by atoms with Crippen molar-refractivity contribution in [3.63, 3.8) is 0 Å². The van der Waals surface area contributed by atoms with Crippen molar-refractivity contribution < 1.29 is 0 Å². The van der Waals surface area contributed by atoms with Crippen LogP contribution in [-0.4, -0.2) is 21.8 Å². The van der Waals surface area contributed by atoms with Crippen molar-refractivity contribution in [1.29, 1.82) is 0 Å². The summed E-state index contributed by atoms with van der Waals surface area (Å²) in [7, 11) is 2.01. The van der Waals surface area contributed by atoms with Crippen molar-refractivity contribution in [2.75, 3.05) is 0 Å². The maximum Gasteiger partial charge on any atom is 0.151 e. The first-order valence-corrected chi connectivity index (χ1v) is 5.13. The zero-order valence-corrected chi connectivity index (χ0v) is 9.31. The van der Waals surface area contributed by atoms with Crippen LogP contribution >= 0.6 is 0 Å². The molecule has 3 heteroatoms. The van der Waals surface area contributed by atoms with Crippen LogP contribution in [0.1, 0.15) is 19.7 Å². The number of hydrogen-bond donors (Lipinski definition) is 0. The molecule has 0 amide bonds. The Kier molecular flexibility index (Phi) is 2.54. The van der Waals surface area contributed by atoms with E-state index >= 15 is 0 Å². The highest BCUT2D eigenvalue weighted by Crippen LogP contribution is 2.12. The van der Waals surface area contributed by atoms with Crippen LogP contribution in [0, 0.1) is 0 Å². The van der Waals surface area contributed by atoms with Gasteiger partial charge in [0.1, 0.15) is 0 Å². The molecule has 0 N–H and O–H groups in total. The molecule has 1 heterocycles. The van der Waals surface area contributed by atoms with E-state index in [4.69, 9.17) is 0 Å². The maximum atomic E-state index is 4.50. The van der Waals surface area contributed by atoms with Gasteiger partial charge in [-0.3, -0.25) is 4.99 Å². The van der Waals surface area contributed by atoms with E-state index in [1.54, 1.807) is 0 Å². The topological polar surface area (TPSA) is 30.2 Å². The normalized spacial score (nSPS) is 12.0. The number of nitrogens with zero attached hydrogens (tertiary/aromatic N) is 3. The molecule has 0 unspecified atom stereocenters. The van der Waals surface area contributed by atoms with Gasteiger partial charge in [-0.2, -0.15) is 0 Å². The van der Waals surface area contributed by atoms with Crippen LogP contribution in [0.5, 0.6) is 0 Å². The molecule has 2 aromatic rings. The summed E-state index contributed by atoms with van der Waals surface area (Å²) in [5.41, 5.74) is 2.16. The third-order valence-electron chi connectivity index (χ3n) is 2.31. The predicted octanol–water partition coefficient (Wildman–Crippen LogP) is 2.40. The van der Waals surface area contributed by atoms with Gasteiger partial charge in [0.25, 0.3) is 0 Å². The average molecular weight is 201 g/mol. The highest BCUT2D eigenvalue weighted by Gasteiger charge is 2.03. The molecule has 0 atom stereocenters. The SMILES string of the molecule is CC(C)/N=C/c1nc2ccccc2n1C. The molecular weight excluding hydrogens is 186 g/mol. The van der Waals surface area contributed by atoms with Gasteiger partial charge in [0.05, 0.1) is 17.2 Å². The third-order valence-corrected chi connectivity index (χ3v) is 2.31.